The summed E-state index contributed by atoms with van der Waals surface area (Å²) in [6, 6.07) is 13.5. The van der Waals surface area contributed by atoms with E-state index in [1.807, 2.05) is 17.0 Å². The number of sulfonamides is 1. The van der Waals surface area contributed by atoms with Crippen LogP contribution >= 0.6 is 11.3 Å². The van der Waals surface area contributed by atoms with Crippen LogP contribution in [0.3, 0.4) is 0 Å². The second-order valence-corrected chi connectivity index (χ2v) is 9.73. The lowest BCUT2D eigenvalue weighted by atomic mass is 10.1. The summed E-state index contributed by atoms with van der Waals surface area (Å²) in [7, 11) is -3.56. The molecule has 4 rings (SSSR count). The van der Waals surface area contributed by atoms with Crippen molar-refractivity contribution in [3.63, 3.8) is 0 Å². The van der Waals surface area contributed by atoms with Crippen LogP contribution in [0.1, 0.15) is 11.8 Å². The summed E-state index contributed by atoms with van der Waals surface area (Å²) in [5.74, 6) is 0.477. The number of nitrogens with one attached hydrogen (secondary N) is 1. The zero-order valence-electron chi connectivity index (χ0n) is 15.7. The highest BCUT2D eigenvalue weighted by atomic mass is 32.2. The van der Waals surface area contributed by atoms with Gasteiger partial charge in [-0.15, -0.1) is 11.3 Å². The van der Waals surface area contributed by atoms with Crippen LogP contribution in [0.2, 0.25) is 0 Å². The Hall–Kier alpha value is -2.20. The predicted octanol–water partition coefficient (Wildman–Crippen LogP) is 3.32. The number of benzene rings is 1. The first-order chi connectivity index (χ1) is 14.0. The van der Waals surface area contributed by atoms with Gasteiger partial charge in [-0.25, -0.2) is 17.5 Å². The standard InChI is InChI=1S/C20H22FN3O3S2/c21-16-5-1-2-6-17(16)23-9-11-24(12-10-23)18(19-7-3-13-27-19)15-22-29(25,26)20-8-4-14-28-20/h1-8,13-14,18,22H,9-12,15H2/t18-/m1/s1. The number of piperazine rings is 1. The minimum absolute atomic E-state index is 0.202. The van der Waals surface area contributed by atoms with E-state index in [1.165, 1.54) is 17.4 Å². The van der Waals surface area contributed by atoms with Crippen LogP contribution < -0.4 is 9.62 Å². The van der Waals surface area contributed by atoms with Crippen molar-refractivity contribution in [2.45, 2.75) is 10.3 Å². The smallest absolute Gasteiger partial charge is 0.250 e. The maximum atomic E-state index is 14.1. The Kier molecular flexibility index (Phi) is 6.00. The maximum Gasteiger partial charge on any atom is 0.250 e. The molecule has 2 aromatic heterocycles. The van der Waals surface area contributed by atoms with Crippen LogP contribution in [0, 0.1) is 5.82 Å². The molecule has 29 heavy (non-hydrogen) atoms. The van der Waals surface area contributed by atoms with E-state index in [4.69, 9.17) is 4.42 Å². The van der Waals surface area contributed by atoms with Crippen LogP contribution in [0.5, 0.6) is 0 Å². The fraction of sp³-hybridized carbons (Fsp3) is 0.300. The topological polar surface area (TPSA) is 65.8 Å². The van der Waals surface area contributed by atoms with Gasteiger partial charge < -0.3 is 9.32 Å². The number of nitrogens with zero attached hydrogens (tertiary/aromatic N) is 2. The van der Waals surface area contributed by atoms with Gasteiger partial charge in [-0.3, -0.25) is 4.90 Å². The Morgan fingerprint density at radius 3 is 2.52 bits per heavy atom. The lowest BCUT2D eigenvalue weighted by Gasteiger charge is -2.39. The summed E-state index contributed by atoms with van der Waals surface area (Å²) >= 11 is 1.18. The summed E-state index contributed by atoms with van der Waals surface area (Å²) in [5, 5.41) is 1.74. The second-order valence-electron chi connectivity index (χ2n) is 6.79. The molecule has 0 aliphatic carbocycles. The number of furan rings is 1. The number of hydrogen-bond donors (Lipinski definition) is 1. The Labute approximate surface area is 173 Å². The third kappa shape index (κ3) is 4.53. The minimum Gasteiger partial charge on any atom is -0.468 e. The lowest BCUT2D eigenvalue weighted by Crippen LogP contribution is -2.50. The number of halogens is 1. The van der Waals surface area contributed by atoms with E-state index in [9.17, 15) is 12.8 Å². The van der Waals surface area contributed by atoms with E-state index in [1.54, 1.807) is 42.0 Å². The van der Waals surface area contributed by atoms with Gasteiger partial charge in [0.2, 0.25) is 10.0 Å². The average Bonchev–Trinajstić information content (AvgIpc) is 3.44. The van der Waals surface area contributed by atoms with Crippen LogP contribution in [-0.4, -0.2) is 46.0 Å². The third-order valence-electron chi connectivity index (χ3n) is 5.05. The summed E-state index contributed by atoms with van der Waals surface area (Å²) < 4.78 is 47.7. The fourth-order valence-electron chi connectivity index (χ4n) is 3.55. The molecular weight excluding hydrogens is 413 g/mol. The van der Waals surface area contributed by atoms with E-state index in [2.05, 4.69) is 9.62 Å². The first-order valence-electron chi connectivity index (χ1n) is 9.35. The van der Waals surface area contributed by atoms with Crippen molar-refractivity contribution in [3.8, 4) is 0 Å². The maximum absolute atomic E-state index is 14.1. The van der Waals surface area contributed by atoms with Crippen LogP contribution in [0.25, 0.3) is 0 Å². The van der Waals surface area contributed by atoms with E-state index in [0.29, 0.717) is 41.8 Å². The number of para-hydroxylation sites is 1. The molecule has 3 aromatic rings. The Morgan fingerprint density at radius 1 is 1.07 bits per heavy atom. The van der Waals surface area contributed by atoms with Crippen molar-refractivity contribution in [1.82, 2.24) is 9.62 Å². The van der Waals surface area contributed by atoms with Gasteiger partial charge in [0.05, 0.1) is 18.0 Å². The fourth-order valence-corrected chi connectivity index (χ4v) is 5.63. The lowest BCUT2D eigenvalue weighted by molar-refractivity contribution is 0.166. The zero-order chi connectivity index (χ0) is 20.3. The average molecular weight is 436 g/mol. The van der Waals surface area contributed by atoms with Gasteiger partial charge in [0.15, 0.2) is 0 Å². The molecule has 3 heterocycles. The molecule has 0 amide bonds. The molecular formula is C20H22FN3O3S2. The SMILES string of the molecule is O=S(=O)(NC[C@H](c1ccco1)N1CCN(c2ccccc2F)CC1)c1cccs1. The van der Waals surface area contributed by atoms with E-state index < -0.39 is 10.0 Å². The first-order valence-corrected chi connectivity index (χ1v) is 11.7. The molecule has 1 fully saturated rings. The molecule has 1 aliphatic rings. The quantitative estimate of drug-likeness (QED) is 0.617. The molecule has 0 unspecified atom stereocenters. The molecule has 0 spiro atoms. The molecule has 1 aliphatic heterocycles. The van der Waals surface area contributed by atoms with E-state index >= 15 is 0 Å². The van der Waals surface area contributed by atoms with Crippen molar-refractivity contribution in [1.29, 1.82) is 0 Å². The Morgan fingerprint density at radius 2 is 1.86 bits per heavy atom. The first kappa shape index (κ1) is 20.1. The summed E-state index contributed by atoms with van der Waals surface area (Å²) in [5.41, 5.74) is 0.597. The van der Waals surface area contributed by atoms with Gasteiger partial charge in [0.25, 0.3) is 0 Å². The summed E-state index contributed by atoms with van der Waals surface area (Å²) in [4.78, 5) is 4.19. The molecule has 0 bridgehead atoms. The van der Waals surface area contributed by atoms with E-state index in [0.717, 1.165) is 0 Å². The number of thiophene rings is 1. The van der Waals surface area contributed by atoms with Gasteiger partial charge in [0.1, 0.15) is 15.8 Å². The van der Waals surface area contributed by atoms with Gasteiger partial charge in [0, 0.05) is 32.7 Å². The molecule has 154 valence electrons. The van der Waals surface area contributed by atoms with Crippen molar-refractivity contribution < 1.29 is 17.2 Å². The Bertz CT molecular complexity index is 1020. The molecule has 0 radical (unpaired) electrons. The number of rotatable bonds is 7. The van der Waals surface area contributed by atoms with Gasteiger partial charge in [-0.2, -0.15) is 0 Å². The van der Waals surface area contributed by atoms with Crippen molar-refractivity contribution in [3.05, 3.63) is 71.8 Å². The molecule has 1 aromatic carbocycles. The highest BCUT2D eigenvalue weighted by molar-refractivity contribution is 7.91. The number of hydrogen-bond acceptors (Lipinski definition) is 6. The highest BCUT2D eigenvalue weighted by Gasteiger charge is 2.29. The molecule has 6 nitrogen and oxygen atoms in total. The molecule has 1 atom stereocenters. The summed E-state index contributed by atoms with van der Waals surface area (Å²) in [6.45, 7) is 2.83. The predicted molar refractivity (Wildman–Crippen MR) is 111 cm³/mol. The van der Waals surface area contributed by atoms with Crippen molar-refractivity contribution >= 4 is 27.0 Å². The molecule has 1 saturated heterocycles. The molecule has 0 saturated carbocycles. The molecule has 9 heteroatoms. The van der Waals surface area contributed by atoms with Crippen LogP contribution in [-0.2, 0) is 10.0 Å². The zero-order valence-corrected chi connectivity index (χ0v) is 17.3. The number of anilines is 1. The second kappa shape index (κ2) is 8.66. The Balaban J connectivity index is 1.45. The van der Waals surface area contributed by atoms with Crippen molar-refractivity contribution in [2.75, 3.05) is 37.6 Å². The third-order valence-corrected chi connectivity index (χ3v) is 7.87. The van der Waals surface area contributed by atoms with Gasteiger partial charge in [-0.1, -0.05) is 18.2 Å². The van der Waals surface area contributed by atoms with E-state index in [-0.39, 0.29) is 18.4 Å². The normalized spacial score (nSPS) is 16.8. The van der Waals surface area contributed by atoms with Gasteiger partial charge in [-0.05, 0) is 35.7 Å². The van der Waals surface area contributed by atoms with Crippen molar-refractivity contribution in [2.24, 2.45) is 0 Å². The largest absolute Gasteiger partial charge is 0.468 e. The highest BCUT2D eigenvalue weighted by Crippen LogP contribution is 2.26. The monoisotopic (exact) mass is 435 g/mol. The minimum atomic E-state index is -3.56. The van der Waals surface area contributed by atoms with Crippen LogP contribution in [0.4, 0.5) is 10.1 Å². The van der Waals surface area contributed by atoms with Crippen LogP contribution in [0.15, 0.2) is 68.8 Å². The summed E-state index contributed by atoms with van der Waals surface area (Å²) in [6.07, 6.45) is 1.59. The van der Waals surface area contributed by atoms with Gasteiger partial charge >= 0.3 is 0 Å². The molecule has 1 N–H and O–H groups in total.